The summed E-state index contributed by atoms with van der Waals surface area (Å²) >= 11 is 0. The van der Waals surface area contributed by atoms with E-state index in [9.17, 15) is 0 Å². The van der Waals surface area contributed by atoms with Crippen LogP contribution in [0.4, 0.5) is 5.69 Å². The highest BCUT2D eigenvalue weighted by molar-refractivity contribution is 5.47. The molecule has 1 aromatic carbocycles. The Hall–Kier alpha value is -1.22. The Morgan fingerprint density at radius 2 is 2.00 bits per heavy atom. The summed E-state index contributed by atoms with van der Waals surface area (Å²) in [7, 11) is 0. The van der Waals surface area contributed by atoms with Gasteiger partial charge in [0, 0.05) is 11.7 Å². The van der Waals surface area contributed by atoms with E-state index in [1.165, 1.54) is 19.3 Å². The maximum absolute atomic E-state index is 9.17. The minimum Gasteiger partial charge on any atom is -0.508 e. The fourth-order valence-electron chi connectivity index (χ4n) is 2.28. The molecule has 0 aliphatic heterocycles. The van der Waals surface area contributed by atoms with Gasteiger partial charge in [-0.1, -0.05) is 6.42 Å². The SMILES string of the molecule is NCC1CCCC1Nc1ccc(O)cc1. The second-order valence-electron chi connectivity index (χ2n) is 4.22. The van der Waals surface area contributed by atoms with E-state index in [4.69, 9.17) is 10.8 Å². The van der Waals surface area contributed by atoms with Gasteiger partial charge in [-0.05, 0) is 49.6 Å². The number of nitrogens with two attached hydrogens (primary N) is 1. The minimum atomic E-state index is 0.308. The van der Waals surface area contributed by atoms with E-state index in [0.717, 1.165) is 12.2 Å². The predicted molar refractivity (Wildman–Crippen MR) is 61.9 cm³/mol. The van der Waals surface area contributed by atoms with Crippen LogP contribution in [0.25, 0.3) is 0 Å². The second-order valence-corrected chi connectivity index (χ2v) is 4.22. The number of rotatable bonds is 3. The van der Waals surface area contributed by atoms with Gasteiger partial charge in [0.1, 0.15) is 5.75 Å². The first kappa shape index (κ1) is 10.3. The molecule has 1 saturated carbocycles. The number of hydrogen-bond acceptors (Lipinski definition) is 3. The molecule has 1 aromatic rings. The van der Waals surface area contributed by atoms with Crippen molar-refractivity contribution in [1.82, 2.24) is 0 Å². The van der Waals surface area contributed by atoms with E-state index in [1.807, 2.05) is 12.1 Å². The molecule has 3 heteroatoms. The van der Waals surface area contributed by atoms with E-state index in [2.05, 4.69) is 5.32 Å². The molecule has 4 N–H and O–H groups in total. The summed E-state index contributed by atoms with van der Waals surface area (Å²) in [6.07, 6.45) is 3.69. The van der Waals surface area contributed by atoms with Crippen molar-refractivity contribution in [3.8, 4) is 5.75 Å². The van der Waals surface area contributed by atoms with Crippen LogP contribution in [0.15, 0.2) is 24.3 Å². The molecule has 2 atom stereocenters. The largest absolute Gasteiger partial charge is 0.508 e. The van der Waals surface area contributed by atoms with Gasteiger partial charge in [-0.2, -0.15) is 0 Å². The van der Waals surface area contributed by atoms with Crippen LogP contribution in [-0.2, 0) is 0 Å². The van der Waals surface area contributed by atoms with Crippen molar-refractivity contribution in [2.75, 3.05) is 11.9 Å². The second kappa shape index (κ2) is 4.53. The van der Waals surface area contributed by atoms with Crippen LogP contribution in [-0.4, -0.2) is 17.7 Å². The van der Waals surface area contributed by atoms with Gasteiger partial charge < -0.3 is 16.2 Å². The molecule has 1 aliphatic rings. The molecule has 0 radical (unpaired) electrons. The lowest BCUT2D eigenvalue weighted by atomic mass is 10.0. The van der Waals surface area contributed by atoms with Gasteiger partial charge in [-0.25, -0.2) is 0 Å². The van der Waals surface area contributed by atoms with Crippen molar-refractivity contribution >= 4 is 5.69 Å². The van der Waals surface area contributed by atoms with Crippen LogP contribution in [0.2, 0.25) is 0 Å². The van der Waals surface area contributed by atoms with Gasteiger partial charge in [0.25, 0.3) is 0 Å². The Balaban J connectivity index is 1.99. The lowest BCUT2D eigenvalue weighted by Crippen LogP contribution is -2.29. The number of phenols is 1. The van der Waals surface area contributed by atoms with Crippen LogP contribution in [0.1, 0.15) is 19.3 Å². The molecule has 0 saturated heterocycles. The maximum atomic E-state index is 9.17. The van der Waals surface area contributed by atoms with Crippen LogP contribution >= 0.6 is 0 Å². The summed E-state index contributed by atoms with van der Waals surface area (Å²) in [4.78, 5) is 0. The quantitative estimate of drug-likeness (QED) is 0.662. The molecule has 1 fully saturated rings. The predicted octanol–water partition coefficient (Wildman–Crippen LogP) is 1.93. The minimum absolute atomic E-state index is 0.308. The van der Waals surface area contributed by atoms with Gasteiger partial charge in [0.2, 0.25) is 0 Å². The summed E-state index contributed by atoms with van der Waals surface area (Å²) in [6.45, 7) is 0.760. The van der Waals surface area contributed by atoms with Crippen molar-refractivity contribution in [2.45, 2.75) is 25.3 Å². The Kier molecular flexibility index (Phi) is 3.11. The average molecular weight is 206 g/mol. The van der Waals surface area contributed by atoms with Crippen LogP contribution < -0.4 is 11.1 Å². The molecule has 2 rings (SSSR count). The van der Waals surface area contributed by atoms with E-state index in [1.54, 1.807) is 12.1 Å². The van der Waals surface area contributed by atoms with Crippen molar-refractivity contribution in [1.29, 1.82) is 0 Å². The molecule has 3 nitrogen and oxygen atoms in total. The van der Waals surface area contributed by atoms with Crippen molar-refractivity contribution < 1.29 is 5.11 Å². The zero-order valence-electron chi connectivity index (χ0n) is 8.82. The van der Waals surface area contributed by atoms with Crippen LogP contribution in [0, 0.1) is 5.92 Å². The highest BCUT2D eigenvalue weighted by Gasteiger charge is 2.25. The molecule has 0 spiro atoms. The molecular weight excluding hydrogens is 188 g/mol. The number of benzene rings is 1. The summed E-state index contributed by atoms with van der Waals surface area (Å²) < 4.78 is 0. The molecule has 0 bridgehead atoms. The molecule has 1 aliphatic carbocycles. The highest BCUT2D eigenvalue weighted by atomic mass is 16.3. The summed E-state index contributed by atoms with van der Waals surface area (Å²) in [5.74, 6) is 0.904. The third-order valence-electron chi connectivity index (χ3n) is 3.18. The van der Waals surface area contributed by atoms with Crippen molar-refractivity contribution in [3.05, 3.63) is 24.3 Å². The number of nitrogens with one attached hydrogen (secondary N) is 1. The standard InChI is InChI=1S/C12H18N2O/c13-8-9-2-1-3-12(9)14-10-4-6-11(15)7-5-10/h4-7,9,12,14-15H,1-3,8,13H2. The normalized spacial score (nSPS) is 25.4. The first-order chi connectivity index (χ1) is 7.29. The molecule has 15 heavy (non-hydrogen) atoms. The zero-order valence-corrected chi connectivity index (χ0v) is 8.82. The third-order valence-corrected chi connectivity index (χ3v) is 3.18. The third kappa shape index (κ3) is 2.42. The molecule has 0 amide bonds. The zero-order chi connectivity index (χ0) is 10.7. The molecule has 82 valence electrons. The van der Waals surface area contributed by atoms with Crippen molar-refractivity contribution in [3.63, 3.8) is 0 Å². The summed E-state index contributed by atoms with van der Waals surface area (Å²) in [5, 5.41) is 12.6. The number of anilines is 1. The fourth-order valence-corrected chi connectivity index (χ4v) is 2.28. The van der Waals surface area contributed by atoms with Crippen molar-refractivity contribution in [2.24, 2.45) is 11.7 Å². The number of aromatic hydroxyl groups is 1. The van der Waals surface area contributed by atoms with Gasteiger partial charge in [0.05, 0.1) is 0 Å². The Labute approximate surface area is 90.3 Å². The average Bonchev–Trinajstić information content (AvgIpc) is 2.69. The molecule has 0 heterocycles. The van der Waals surface area contributed by atoms with Gasteiger partial charge in [0.15, 0.2) is 0 Å². The first-order valence-corrected chi connectivity index (χ1v) is 5.55. The van der Waals surface area contributed by atoms with Gasteiger partial charge in [-0.15, -0.1) is 0 Å². The Morgan fingerprint density at radius 1 is 1.27 bits per heavy atom. The summed E-state index contributed by atoms with van der Waals surface area (Å²) in [6, 6.07) is 7.71. The Bertz CT molecular complexity index is 310. The van der Waals surface area contributed by atoms with E-state index in [0.29, 0.717) is 17.7 Å². The monoisotopic (exact) mass is 206 g/mol. The van der Waals surface area contributed by atoms with Crippen LogP contribution in [0.3, 0.4) is 0 Å². The maximum Gasteiger partial charge on any atom is 0.115 e. The highest BCUT2D eigenvalue weighted by Crippen LogP contribution is 2.28. The topological polar surface area (TPSA) is 58.3 Å². The molecule has 2 unspecified atom stereocenters. The lowest BCUT2D eigenvalue weighted by molar-refractivity contribution is 0.475. The molecular formula is C12H18N2O. The van der Waals surface area contributed by atoms with E-state index >= 15 is 0 Å². The first-order valence-electron chi connectivity index (χ1n) is 5.55. The molecule has 0 aromatic heterocycles. The van der Waals surface area contributed by atoms with Gasteiger partial charge >= 0.3 is 0 Å². The summed E-state index contributed by atoms with van der Waals surface area (Å²) in [5.41, 5.74) is 6.79. The smallest absolute Gasteiger partial charge is 0.115 e. The van der Waals surface area contributed by atoms with Crippen LogP contribution in [0.5, 0.6) is 5.75 Å². The lowest BCUT2D eigenvalue weighted by Gasteiger charge is -2.20. The van der Waals surface area contributed by atoms with Gasteiger partial charge in [-0.3, -0.25) is 0 Å². The number of hydrogen-bond donors (Lipinski definition) is 3. The fraction of sp³-hybridized carbons (Fsp3) is 0.500. The Morgan fingerprint density at radius 3 is 2.67 bits per heavy atom. The van der Waals surface area contributed by atoms with E-state index in [-0.39, 0.29) is 0 Å². The van der Waals surface area contributed by atoms with E-state index < -0.39 is 0 Å². The number of phenolic OH excluding ortho intramolecular Hbond substituents is 1.